The summed E-state index contributed by atoms with van der Waals surface area (Å²) in [6.07, 6.45) is 4.01. The molecule has 1 heterocycles. The zero-order valence-electron chi connectivity index (χ0n) is 24.8. The molecule has 3 aliphatic carbocycles. The van der Waals surface area contributed by atoms with Gasteiger partial charge in [0.2, 0.25) is 5.91 Å². The fourth-order valence-corrected chi connectivity index (χ4v) is 7.94. The van der Waals surface area contributed by atoms with Gasteiger partial charge in [0.1, 0.15) is 5.75 Å². The molecule has 0 spiro atoms. The van der Waals surface area contributed by atoms with E-state index in [9.17, 15) is 34.2 Å². The molecule has 1 aliphatic heterocycles. The molecule has 11 nitrogen and oxygen atoms in total. The van der Waals surface area contributed by atoms with E-state index in [1.54, 1.807) is 14.1 Å². The molecular formula is C31H42N4O7. The van der Waals surface area contributed by atoms with Gasteiger partial charge in [-0.3, -0.25) is 28.9 Å². The van der Waals surface area contributed by atoms with Crippen LogP contribution in [0.15, 0.2) is 12.1 Å². The minimum Gasteiger partial charge on any atom is -0.505 e. The van der Waals surface area contributed by atoms with Crippen molar-refractivity contribution in [2.75, 3.05) is 45.7 Å². The minimum atomic E-state index is -2.72. The van der Waals surface area contributed by atoms with Crippen LogP contribution in [0.4, 0.5) is 5.69 Å². The number of hydrogen-bond donors (Lipinski definition) is 3. The van der Waals surface area contributed by atoms with Crippen molar-refractivity contribution < 1.29 is 34.2 Å². The third-order valence-electron chi connectivity index (χ3n) is 10.1. The molecule has 42 heavy (non-hydrogen) atoms. The number of aromatic hydroxyl groups is 1. The number of Topliss-reactive ketones (excluding diaryl/α,β-unsaturated/α-hetero) is 4. The zero-order valence-corrected chi connectivity index (χ0v) is 24.8. The van der Waals surface area contributed by atoms with Gasteiger partial charge in [0.15, 0.2) is 34.7 Å². The average Bonchev–Trinajstić information content (AvgIpc) is 2.92. The lowest BCUT2D eigenvalue weighted by atomic mass is 9.52. The Bertz CT molecular complexity index is 1320. The minimum absolute atomic E-state index is 0.0463. The van der Waals surface area contributed by atoms with Crippen LogP contribution in [0.2, 0.25) is 0 Å². The first-order chi connectivity index (χ1) is 19.8. The summed E-state index contributed by atoms with van der Waals surface area (Å²) in [4.78, 5) is 73.0. The molecular weight excluding hydrogens is 540 g/mol. The predicted molar refractivity (Wildman–Crippen MR) is 154 cm³/mol. The smallest absolute Gasteiger partial charge is 0.235 e. The van der Waals surface area contributed by atoms with E-state index in [0.717, 1.165) is 38.8 Å². The number of phenols is 1. The van der Waals surface area contributed by atoms with Crippen LogP contribution in [0.25, 0.3) is 0 Å². The van der Waals surface area contributed by atoms with Gasteiger partial charge < -0.3 is 25.7 Å². The lowest BCUT2D eigenvalue weighted by molar-refractivity contribution is -0.181. The Morgan fingerprint density at radius 1 is 1.12 bits per heavy atom. The molecule has 0 radical (unpaired) electrons. The topological polar surface area (TPSA) is 162 Å². The van der Waals surface area contributed by atoms with Gasteiger partial charge in [-0.1, -0.05) is 19.4 Å². The van der Waals surface area contributed by atoms with Crippen LogP contribution < -0.4 is 10.6 Å². The summed E-state index contributed by atoms with van der Waals surface area (Å²) in [5.41, 5.74) is 3.88. The number of carbonyl (C=O) groups is 5. The molecule has 0 bridgehead atoms. The van der Waals surface area contributed by atoms with Gasteiger partial charge in [0.25, 0.3) is 0 Å². The number of primary amides is 1. The van der Waals surface area contributed by atoms with Gasteiger partial charge in [-0.25, -0.2) is 0 Å². The third kappa shape index (κ3) is 4.57. The molecule has 0 aromatic heterocycles. The van der Waals surface area contributed by atoms with Crippen LogP contribution in [0.1, 0.15) is 54.9 Å². The maximum absolute atomic E-state index is 14.1. The Labute approximate surface area is 246 Å². The predicted octanol–water partition coefficient (Wildman–Crippen LogP) is 0.568. The number of hydrogen-bond acceptors (Lipinski definition) is 10. The van der Waals surface area contributed by atoms with Gasteiger partial charge in [-0.2, -0.15) is 0 Å². The summed E-state index contributed by atoms with van der Waals surface area (Å²) >= 11 is 0. The van der Waals surface area contributed by atoms with E-state index in [0.29, 0.717) is 17.8 Å². The zero-order chi connectivity index (χ0) is 30.7. The van der Waals surface area contributed by atoms with Crippen LogP contribution in [-0.2, 0) is 25.6 Å². The highest BCUT2D eigenvalue weighted by atomic mass is 16.3. The SMILES string of the molecule is CCCCN(c1ccc2c(c1O)C(=O)C1C(=O)C3(O)C(=O)C(C(N)=O)C(=O)C(N(C)C)C3CC1C2)C1CCN(C)CC1. The highest BCUT2D eigenvalue weighted by Crippen LogP contribution is 2.51. The largest absolute Gasteiger partial charge is 0.505 e. The van der Waals surface area contributed by atoms with E-state index in [-0.39, 0.29) is 30.2 Å². The van der Waals surface area contributed by atoms with Gasteiger partial charge in [0, 0.05) is 18.5 Å². The number of nitrogens with zero attached hydrogens (tertiary/aromatic N) is 3. The van der Waals surface area contributed by atoms with Crippen molar-refractivity contribution in [3.63, 3.8) is 0 Å². The Morgan fingerprint density at radius 3 is 2.38 bits per heavy atom. The number of ketones is 4. The number of nitrogens with two attached hydrogens (primary N) is 1. The average molecular weight is 583 g/mol. The first kappa shape index (κ1) is 30.3. The molecule has 1 amide bonds. The number of phenolic OH excluding ortho intramolecular Hbond substituents is 1. The second-order valence-electron chi connectivity index (χ2n) is 12.8. The summed E-state index contributed by atoms with van der Waals surface area (Å²) in [5, 5.41) is 23.4. The maximum Gasteiger partial charge on any atom is 0.235 e. The highest BCUT2D eigenvalue weighted by Gasteiger charge is 2.69. The lowest BCUT2D eigenvalue weighted by Gasteiger charge is -2.52. The number of fused-ring (bicyclic) bond motifs is 3. The first-order valence-electron chi connectivity index (χ1n) is 15.0. The molecule has 3 fully saturated rings. The van der Waals surface area contributed by atoms with E-state index >= 15 is 0 Å². The number of amides is 1. The Balaban J connectivity index is 1.55. The van der Waals surface area contributed by atoms with Crippen molar-refractivity contribution in [1.82, 2.24) is 9.80 Å². The van der Waals surface area contributed by atoms with E-state index < -0.39 is 64.4 Å². The van der Waals surface area contributed by atoms with Gasteiger partial charge in [-0.15, -0.1) is 0 Å². The van der Waals surface area contributed by atoms with E-state index in [2.05, 4.69) is 23.8 Å². The summed E-state index contributed by atoms with van der Waals surface area (Å²) < 4.78 is 0. The monoisotopic (exact) mass is 582 g/mol. The molecule has 11 heteroatoms. The first-order valence-corrected chi connectivity index (χ1v) is 15.0. The molecule has 4 N–H and O–H groups in total. The fraction of sp³-hybridized carbons (Fsp3) is 0.645. The van der Waals surface area contributed by atoms with Crippen molar-refractivity contribution in [3.8, 4) is 5.75 Å². The fourth-order valence-electron chi connectivity index (χ4n) is 7.94. The summed E-state index contributed by atoms with van der Waals surface area (Å²) in [6, 6.07) is 2.77. The summed E-state index contributed by atoms with van der Waals surface area (Å²) in [6.45, 7) is 4.65. The van der Waals surface area contributed by atoms with Gasteiger partial charge >= 0.3 is 0 Å². The number of likely N-dealkylation sites (N-methyl/N-ethyl adjacent to an activating group) is 1. The van der Waals surface area contributed by atoms with Gasteiger partial charge in [0.05, 0.1) is 23.2 Å². The van der Waals surface area contributed by atoms with Crippen LogP contribution >= 0.6 is 0 Å². The van der Waals surface area contributed by atoms with E-state index in [1.807, 2.05) is 12.1 Å². The molecule has 6 unspecified atom stereocenters. The third-order valence-corrected chi connectivity index (χ3v) is 10.1. The molecule has 1 saturated heterocycles. The number of aliphatic hydroxyl groups is 1. The van der Waals surface area contributed by atoms with Crippen molar-refractivity contribution in [2.24, 2.45) is 29.4 Å². The van der Waals surface area contributed by atoms with Crippen LogP contribution in [0.5, 0.6) is 5.75 Å². The second-order valence-corrected chi connectivity index (χ2v) is 12.8. The molecule has 5 rings (SSSR count). The normalized spacial score (nSPS) is 32.0. The van der Waals surface area contributed by atoms with Crippen molar-refractivity contribution >= 4 is 34.7 Å². The van der Waals surface area contributed by atoms with Crippen LogP contribution in [-0.4, -0.2) is 108 Å². The summed E-state index contributed by atoms with van der Waals surface area (Å²) in [7, 11) is 5.23. The molecule has 1 aromatic carbocycles. The van der Waals surface area contributed by atoms with Gasteiger partial charge in [-0.05, 0) is 83.9 Å². The van der Waals surface area contributed by atoms with Crippen molar-refractivity contribution in [1.29, 1.82) is 0 Å². The number of rotatable bonds is 7. The highest BCUT2D eigenvalue weighted by molar-refractivity contribution is 6.32. The number of unbranched alkanes of at least 4 members (excludes halogenated alkanes) is 1. The molecule has 4 aliphatic rings. The van der Waals surface area contributed by atoms with E-state index in [1.165, 1.54) is 4.90 Å². The molecule has 2 saturated carbocycles. The van der Waals surface area contributed by atoms with Crippen LogP contribution in [0, 0.1) is 23.7 Å². The molecule has 6 atom stereocenters. The number of carbonyl (C=O) groups excluding carboxylic acids is 5. The van der Waals surface area contributed by atoms with Crippen molar-refractivity contribution in [3.05, 3.63) is 23.3 Å². The Kier molecular flexibility index (Phi) is 8.06. The Morgan fingerprint density at radius 2 is 1.79 bits per heavy atom. The summed E-state index contributed by atoms with van der Waals surface area (Å²) in [5.74, 6) is -10.1. The Hall–Kier alpha value is -3.15. The maximum atomic E-state index is 14.1. The molecule has 228 valence electrons. The second kappa shape index (κ2) is 11.2. The van der Waals surface area contributed by atoms with E-state index in [4.69, 9.17) is 5.73 Å². The number of anilines is 1. The number of likely N-dealkylation sites (tertiary alicyclic amines) is 1. The quantitative estimate of drug-likeness (QED) is 0.388. The van der Waals surface area contributed by atoms with Crippen LogP contribution in [0.3, 0.4) is 0 Å². The standard InChI is InChI=1S/C31H42N4O7/c1-5-6-11-35(18-9-12-34(4)13-10-18)20-8-7-16-14-17-15-19-24(33(2)3)27(38)23(30(32)41)29(40)31(19,42)28(39)22(17)26(37)21(16)25(20)36/h7-8,17-19,22-24,36,42H,5-6,9-15H2,1-4H3,(H2,32,41). The molecule has 1 aromatic rings. The number of benzene rings is 1. The number of piperidine rings is 1. The van der Waals surface area contributed by atoms with Crippen molar-refractivity contribution in [2.45, 2.75) is 63.1 Å². The lowest BCUT2D eigenvalue weighted by Crippen LogP contribution is -2.74.